The summed E-state index contributed by atoms with van der Waals surface area (Å²) in [5.74, 6) is 0. The Morgan fingerprint density at radius 2 is 1.48 bits per heavy atom. The van der Waals surface area contributed by atoms with Gasteiger partial charge in [-0.05, 0) is 36.2 Å². The summed E-state index contributed by atoms with van der Waals surface area (Å²) in [7, 11) is -3.39. The summed E-state index contributed by atoms with van der Waals surface area (Å²) in [6.07, 6.45) is 0.913. The molecule has 0 radical (unpaired) electrons. The van der Waals surface area contributed by atoms with Crippen molar-refractivity contribution in [3.8, 4) is 0 Å². The van der Waals surface area contributed by atoms with Gasteiger partial charge in [-0.3, -0.25) is 0 Å². The Balaban J connectivity index is 1.70. The molecule has 1 fully saturated rings. The minimum Gasteiger partial charge on any atom is -0.369 e. The van der Waals surface area contributed by atoms with Crippen LogP contribution in [-0.4, -0.2) is 38.9 Å². The van der Waals surface area contributed by atoms with Gasteiger partial charge in [-0.15, -0.1) is 0 Å². The number of sulfonamides is 1. The monoisotopic (exact) mass is 330 g/mol. The molecule has 1 aliphatic heterocycles. The van der Waals surface area contributed by atoms with Crippen molar-refractivity contribution in [2.75, 3.05) is 31.1 Å². The van der Waals surface area contributed by atoms with E-state index in [1.165, 1.54) is 0 Å². The van der Waals surface area contributed by atoms with Crippen LogP contribution in [0.1, 0.15) is 12.5 Å². The number of hydrogen-bond acceptors (Lipinski definition) is 3. The first-order valence-electron chi connectivity index (χ1n) is 8.00. The zero-order valence-corrected chi connectivity index (χ0v) is 14.2. The first-order valence-corrected chi connectivity index (χ1v) is 9.44. The van der Waals surface area contributed by atoms with Gasteiger partial charge in [0.1, 0.15) is 0 Å². The molecule has 3 rings (SSSR count). The second-order valence-electron chi connectivity index (χ2n) is 5.72. The van der Waals surface area contributed by atoms with Gasteiger partial charge in [0.15, 0.2) is 0 Å². The number of benzene rings is 2. The molecule has 0 unspecified atom stereocenters. The van der Waals surface area contributed by atoms with Gasteiger partial charge >= 0.3 is 0 Å². The summed E-state index contributed by atoms with van der Waals surface area (Å²) in [6.45, 7) is 4.54. The Morgan fingerprint density at radius 3 is 2.04 bits per heavy atom. The molecule has 1 aliphatic rings. The van der Waals surface area contributed by atoms with Crippen molar-refractivity contribution in [1.29, 1.82) is 0 Å². The maximum atomic E-state index is 12.7. The summed E-state index contributed by atoms with van der Waals surface area (Å²) in [4.78, 5) is 2.62. The predicted molar refractivity (Wildman–Crippen MR) is 93.2 cm³/mol. The summed E-state index contributed by atoms with van der Waals surface area (Å²) >= 11 is 0. The summed E-state index contributed by atoms with van der Waals surface area (Å²) in [5.41, 5.74) is 2.30. The van der Waals surface area contributed by atoms with Crippen molar-refractivity contribution in [3.05, 3.63) is 60.2 Å². The van der Waals surface area contributed by atoms with Gasteiger partial charge in [-0.1, -0.05) is 37.3 Å². The van der Waals surface area contributed by atoms with E-state index in [-0.39, 0.29) is 0 Å². The van der Waals surface area contributed by atoms with Crippen LogP contribution in [0.25, 0.3) is 0 Å². The number of hydrogen-bond donors (Lipinski definition) is 0. The van der Waals surface area contributed by atoms with Gasteiger partial charge in [0.25, 0.3) is 0 Å². The molecule has 122 valence electrons. The van der Waals surface area contributed by atoms with E-state index in [1.807, 2.05) is 30.3 Å². The zero-order chi connectivity index (χ0) is 16.3. The Kier molecular flexibility index (Phi) is 4.68. The highest BCUT2D eigenvalue weighted by molar-refractivity contribution is 7.89. The number of piperazine rings is 1. The molecular formula is C18H22N2O2S. The van der Waals surface area contributed by atoms with E-state index in [0.29, 0.717) is 18.0 Å². The molecular weight excluding hydrogens is 308 g/mol. The van der Waals surface area contributed by atoms with Crippen molar-refractivity contribution >= 4 is 15.7 Å². The maximum Gasteiger partial charge on any atom is 0.243 e. The van der Waals surface area contributed by atoms with Crippen LogP contribution in [0.4, 0.5) is 5.69 Å². The molecule has 4 nitrogen and oxygen atoms in total. The van der Waals surface area contributed by atoms with E-state index in [0.717, 1.165) is 30.8 Å². The summed E-state index contributed by atoms with van der Waals surface area (Å²) in [5, 5.41) is 0. The molecule has 0 bridgehead atoms. The molecule has 2 aromatic rings. The average Bonchev–Trinajstić information content (AvgIpc) is 2.62. The van der Waals surface area contributed by atoms with Crippen molar-refractivity contribution in [1.82, 2.24) is 4.31 Å². The summed E-state index contributed by atoms with van der Waals surface area (Å²) < 4.78 is 27.1. The largest absolute Gasteiger partial charge is 0.369 e. The SMILES string of the molecule is CCc1ccc(S(=O)(=O)N2CCN(c3ccccc3)CC2)cc1. The highest BCUT2D eigenvalue weighted by Gasteiger charge is 2.28. The smallest absolute Gasteiger partial charge is 0.243 e. The van der Waals surface area contributed by atoms with Gasteiger partial charge in [0.05, 0.1) is 4.90 Å². The Bertz CT molecular complexity index is 734. The molecule has 0 aliphatic carbocycles. The van der Waals surface area contributed by atoms with Crippen molar-refractivity contribution in [3.63, 3.8) is 0 Å². The molecule has 1 saturated heterocycles. The van der Waals surface area contributed by atoms with Crippen LogP contribution in [0.2, 0.25) is 0 Å². The first-order chi connectivity index (χ1) is 11.1. The van der Waals surface area contributed by atoms with Crippen LogP contribution in [0, 0.1) is 0 Å². The molecule has 1 heterocycles. The average molecular weight is 330 g/mol. The molecule has 0 aromatic heterocycles. The first kappa shape index (κ1) is 16.0. The topological polar surface area (TPSA) is 40.6 Å². The van der Waals surface area contributed by atoms with E-state index in [1.54, 1.807) is 16.4 Å². The van der Waals surface area contributed by atoms with Crippen LogP contribution >= 0.6 is 0 Å². The predicted octanol–water partition coefficient (Wildman–Crippen LogP) is 2.76. The van der Waals surface area contributed by atoms with Gasteiger partial charge in [0, 0.05) is 31.9 Å². The summed E-state index contributed by atoms with van der Waals surface area (Å²) in [6, 6.07) is 17.4. The molecule has 0 amide bonds. The lowest BCUT2D eigenvalue weighted by atomic mass is 10.2. The van der Waals surface area contributed by atoms with E-state index in [2.05, 4.69) is 24.0 Å². The molecule has 5 heteroatoms. The molecule has 0 N–H and O–H groups in total. The quantitative estimate of drug-likeness (QED) is 0.865. The van der Waals surface area contributed by atoms with Crippen LogP contribution in [0.3, 0.4) is 0 Å². The second-order valence-corrected chi connectivity index (χ2v) is 7.66. The maximum absolute atomic E-state index is 12.7. The third-order valence-corrected chi connectivity index (χ3v) is 6.24. The lowest BCUT2D eigenvalue weighted by Gasteiger charge is -2.35. The number of nitrogens with zero attached hydrogens (tertiary/aromatic N) is 2. The molecule has 0 saturated carbocycles. The third-order valence-electron chi connectivity index (χ3n) is 4.33. The van der Waals surface area contributed by atoms with Gasteiger partial charge in [-0.25, -0.2) is 8.42 Å². The van der Waals surface area contributed by atoms with E-state index in [9.17, 15) is 8.42 Å². The number of para-hydroxylation sites is 1. The van der Waals surface area contributed by atoms with Crippen molar-refractivity contribution in [2.24, 2.45) is 0 Å². The Morgan fingerprint density at radius 1 is 0.870 bits per heavy atom. The van der Waals surface area contributed by atoms with Crippen LogP contribution in [-0.2, 0) is 16.4 Å². The number of anilines is 1. The van der Waals surface area contributed by atoms with E-state index >= 15 is 0 Å². The lowest BCUT2D eigenvalue weighted by Crippen LogP contribution is -2.48. The number of rotatable bonds is 4. The van der Waals surface area contributed by atoms with Crippen molar-refractivity contribution < 1.29 is 8.42 Å². The number of aryl methyl sites for hydroxylation is 1. The molecule has 2 aromatic carbocycles. The fourth-order valence-corrected chi connectivity index (χ4v) is 4.29. The minimum absolute atomic E-state index is 0.392. The van der Waals surface area contributed by atoms with E-state index in [4.69, 9.17) is 0 Å². The second kappa shape index (κ2) is 6.72. The Labute approximate surface area is 138 Å². The highest BCUT2D eigenvalue weighted by Crippen LogP contribution is 2.21. The van der Waals surface area contributed by atoms with Gasteiger partial charge in [-0.2, -0.15) is 4.31 Å². The lowest BCUT2D eigenvalue weighted by molar-refractivity contribution is 0.385. The van der Waals surface area contributed by atoms with Crippen LogP contribution < -0.4 is 4.90 Å². The van der Waals surface area contributed by atoms with Crippen LogP contribution in [0.15, 0.2) is 59.5 Å². The van der Waals surface area contributed by atoms with Gasteiger partial charge in [0.2, 0.25) is 10.0 Å². The molecule has 23 heavy (non-hydrogen) atoms. The Hall–Kier alpha value is -1.85. The third kappa shape index (κ3) is 3.41. The fraction of sp³-hybridized carbons (Fsp3) is 0.333. The van der Waals surface area contributed by atoms with Gasteiger partial charge < -0.3 is 4.90 Å². The highest BCUT2D eigenvalue weighted by atomic mass is 32.2. The van der Waals surface area contributed by atoms with E-state index < -0.39 is 10.0 Å². The molecule has 0 atom stereocenters. The fourth-order valence-electron chi connectivity index (χ4n) is 2.87. The normalized spacial score (nSPS) is 16.5. The van der Waals surface area contributed by atoms with Crippen LogP contribution in [0.5, 0.6) is 0 Å². The minimum atomic E-state index is -3.39. The van der Waals surface area contributed by atoms with Crippen molar-refractivity contribution in [2.45, 2.75) is 18.2 Å². The standard InChI is InChI=1S/C18H22N2O2S/c1-2-16-8-10-18(11-9-16)23(21,22)20-14-12-19(13-15-20)17-6-4-3-5-7-17/h3-11H,2,12-15H2,1H3. The zero-order valence-electron chi connectivity index (χ0n) is 13.4. The molecule has 0 spiro atoms.